The summed E-state index contributed by atoms with van der Waals surface area (Å²) in [6.07, 6.45) is -0.556. The summed E-state index contributed by atoms with van der Waals surface area (Å²) in [6.45, 7) is 5.89. The van der Waals surface area contributed by atoms with Crippen molar-refractivity contribution in [2.45, 2.75) is 80.9 Å². The third-order valence-corrected chi connectivity index (χ3v) is 12.6. The number of esters is 1. The molecule has 2 aliphatic heterocycles. The predicted molar refractivity (Wildman–Crippen MR) is 134 cm³/mol. The van der Waals surface area contributed by atoms with Crippen molar-refractivity contribution < 1.29 is 41.9 Å². The highest BCUT2D eigenvalue weighted by Crippen LogP contribution is 2.87. The standard InChI is InChI=1S/C28H33NO9S/c1-13(2)27(33)21(38-39(34,35)15-6-4-14(5-7-15)22(29)30)19-11-26(19)25(3)9-8-16-17(12-36-23(16)31)18(25)10-20-28(26,37-20)24(27)32/h4-7,13,18-21,24,32-33H,8-12H2,1-3H3,(H2,29,30)/t18-,19-,20-,21+,24+,25-,26-,27-,28+/m0/s1. The van der Waals surface area contributed by atoms with Crippen molar-refractivity contribution in [3.8, 4) is 0 Å². The lowest BCUT2D eigenvalue weighted by Gasteiger charge is -2.60. The highest BCUT2D eigenvalue weighted by atomic mass is 32.2. The first kappa shape index (κ1) is 25.6. The van der Waals surface area contributed by atoms with Gasteiger partial charge < -0.3 is 25.4 Å². The van der Waals surface area contributed by atoms with E-state index < -0.39 is 62.1 Å². The zero-order valence-electron chi connectivity index (χ0n) is 22.0. The fraction of sp³-hybridized carbons (Fsp3) is 0.643. The summed E-state index contributed by atoms with van der Waals surface area (Å²) < 4.78 is 44.8. The first-order valence-electron chi connectivity index (χ1n) is 13.6. The summed E-state index contributed by atoms with van der Waals surface area (Å²) in [5.74, 6) is -1.90. The molecule has 7 rings (SSSR count). The predicted octanol–water partition coefficient (Wildman–Crippen LogP) is 1.44. The van der Waals surface area contributed by atoms with Crippen molar-refractivity contribution in [3.63, 3.8) is 0 Å². The summed E-state index contributed by atoms with van der Waals surface area (Å²) in [5.41, 5.74) is 3.24. The molecular weight excluding hydrogens is 526 g/mol. The minimum absolute atomic E-state index is 0.00521. The number of ether oxygens (including phenoxy) is 2. The molecule has 0 aromatic heterocycles. The summed E-state index contributed by atoms with van der Waals surface area (Å²) in [4.78, 5) is 23.7. The van der Waals surface area contributed by atoms with Crippen molar-refractivity contribution >= 4 is 22.0 Å². The van der Waals surface area contributed by atoms with E-state index in [1.807, 2.05) is 0 Å². The number of epoxide rings is 1. The maximum atomic E-state index is 13.5. The number of rotatable bonds is 5. The van der Waals surface area contributed by atoms with Crippen LogP contribution in [0.2, 0.25) is 0 Å². The molecule has 4 aliphatic carbocycles. The van der Waals surface area contributed by atoms with E-state index in [-0.39, 0.29) is 35.1 Å². The Morgan fingerprint density at radius 1 is 1.23 bits per heavy atom. The van der Waals surface area contributed by atoms with Gasteiger partial charge in [-0.25, -0.2) is 4.79 Å². The zero-order chi connectivity index (χ0) is 27.9. The molecule has 0 bridgehead atoms. The van der Waals surface area contributed by atoms with E-state index in [1.54, 1.807) is 13.8 Å². The van der Waals surface area contributed by atoms with Crippen molar-refractivity contribution in [3.05, 3.63) is 41.0 Å². The molecule has 1 amide bonds. The van der Waals surface area contributed by atoms with Crippen molar-refractivity contribution in [2.75, 3.05) is 6.61 Å². The molecule has 4 N–H and O–H groups in total. The van der Waals surface area contributed by atoms with E-state index in [4.69, 9.17) is 19.4 Å². The number of carbonyl (C=O) groups is 2. The minimum Gasteiger partial charge on any atom is -0.458 e. The first-order valence-corrected chi connectivity index (χ1v) is 15.0. The van der Waals surface area contributed by atoms with Gasteiger partial charge in [-0.15, -0.1) is 0 Å². The molecule has 2 heterocycles. The number of cyclic esters (lactones) is 1. The van der Waals surface area contributed by atoms with Gasteiger partial charge in [0, 0.05) is 16.6 Å². The molecular formula is C28H33NO9S. The number of primary amides is 1. The number of hydrogen-bond acceptors (Lipinski definition) is 9. The van der Waals surface area contributed by atoms with Gasteiger partial charge in [-0.05, 0) is 78.7 Å². The zero-order valence-corrected chi connectivity index (χ0v) is 22.9. The third kappa shape index (κ3) is 2.83. The second-order valence-corrected chi connectivity index (χ2v) is 14.3. The quantitative estimate of drug-likeness (QED) is 0.275. The smallest absolute Gasteiger partial charge is 0.334 e. The summed E-state index contributed by atoms with van der Waals surface area (Å²) in [5, 5.41) is 24.1. The Morgan fingerprint density at radius 2 is 1.92 bits per heavy atom. The molecule has 1 aromatic carbocycles. The number of benzene rings is 1. The average molecular weight is 560 g/mol. The number of fused-ring (bicyclic) bond motifs is 2. The van der Waals surface area contributed by atoms with Crippen molar-refractivity contribution in [1.29, 1.82) is 0 Å². The lowest BCUT2D eigenvalue weighted by Crippen LogP contribution is -2.73. The Kier molecular flexibility index (Phi) is 4.93. The summed E-state index contributed by atoms with van der Waals surface area (Å²) in [6, 6.07) is 5.11. The molecule has 0 unspecified atom stereocenters. The Morgan fingerprint density at radius 3 is 2.56 bits per heavy atom. The van der Waals surface area contributed by atoms with E-state index in [0.717, 1.165) is 11.1 Å². The monoisotopic (exact) mass is 559 g/mol. The summed E-state index contributed by atoms with van der Waals surface area (Å²) >= 11 is 0. The minimum atomic E-state index is -4.39. The van der Waals surface area contributed by atoms with Gasteiger partial charge in [-0.3, -0.25) is 8.98 Å². The number of aliphatic hydroxyl groups excluding tert-OH is 1. The van der Waals surface area contributed by atoms with Crippen LogP contribution < -0.4 is 5.73 Å². The molecule has 39 heavy (non-hydrogen) atoms. The maximum Gasteiger partial charge on any atom is 0.334 e. The Hall–Kier alpha value is -2.31. The molecule has 9 atom stereocenters. The largest absolute Gasteiger partial charge is 0.458 e. The van der Waals surface area contributed by atoms with Crippen molar-refractivity contribution in [1.82, 2.24) is 0 Å². The fourth-order valence-corrected chi connectivity index (χ4v) is 10.4. The van der Waals surface area contributed by atoms with Gasteiger partial charge in [0.15, 0.2) is 0 Å². The van der Waals surface area contributed by atoms with Crippen LogP contribution in [-0.2, 0) is 28.6 Å². The van der Waals surface area contributed by atoms with Crippen molar-refractivity contribution in [2.24, 2.45) is 34.3 Å². The van der Waals surface area contributed by atoms with Crippen LogP contribution in [0.25, 0.3) is 0 Å². The second-order valence-electron chi connectivity index (χ2n) is 12.8. The first-order chi connectivity index (χ1) is 18.3. The molecule has 3 saturated carbocycles. The van der Waals surface area contributed by atoms with E-state index in [0.29, 0.717) is 25.7 Å². The Balaban J connectivity index is 1.31. The molecule has 6 aliphatic rings. The van der Waals surface area contributed by atoms with Crippen LogP contribution in [0.5, 0.6) is 0 Å². The van der Waals surface area contributed by atoms with E-state index in [9.17, 15) is 28.2 Å². The highest BCUT2D eigenvalue weighted by Gasteiger charge is 2.94. The molecule has 1 saturated heterocycles. The van der Waals surface area contributed by atoms with Gasteiger partial charge in [0.1, 0.15) is 30.0 Å². The molecule has 0 radical (unpaired) electrons. The maximum absolute atomic E-state index is 13.5. The number of hydrogen-bond donors (Lipinski definition) is 3. The summed E-state index contributed by atoms with van der Waals surface area (Å²) in [7, 11) is -4.39. The van der Waals surface area contributed by atoms with Crippen LogP contribution in [0.1, 0.15) is 56.8 Å². The van der Waals surface area contributed by atoms with E-state index >= 15 is 0 Å². The molecule has 1 aromatic rings. The third-order valence-electron chi connectivity index (χ3n) is 11.3. The number of nitrogens with two attached hydrogens (primary N) is 1. The number of aliphatic hydroxyl groups is 2. The lowest BCUT2D eigenvalue weighted by molar-refractivity contribution is -0.239. The van der Waals surface area contributed by atoms with Crippen LogP contribution >= 0.6 is 0 Å². The fourth-order valence-electron chi connectivity index (χ4n) is 9.21. The molecule has 11 heteroatoms. The van der Waals surface area contributed by atoms with Gasteiger partial charge in [0.25, 0.3) is 10.1 Å². The van der Waals surface area contributed by atoms with E-state index in [1.165, 1.54) is 24.3 Å². The average Bonchev–Trinajstić information content (AvgIpc) is 3.78. The van der Waals surface area contributed by atoms with Crippen LogP contribution in [-0.4, -0.2) is 66.6 Å². The number of amides is 1. The van der Waals surface area contributed by atoms with Gasteiger partial charge in [-0.1, -0.05) is 20.8 Å². The van der Waals surface area contributed by atoms with Gasteiger partial charge in [0.05, 0.1) is 11.0 Å². The van der Waals surface area contributed by atoms with Gasteiger partial charge in [-0.2, -0.15) is 8.42 Å². The Labute approximate surface area is 226 Å². The van der Waals surface area contributed by atoms with E-state index in [2.05, 4.69) is 6.92 Å². The normalized spacial score (nSPS) is 45.5. The molecule has 2 spiro atoms. The van der Waals surface area contributed by atoms with Crippen LogP contribution in [0, 0.1) is 28.6 Å². The lowest BCUT2D eigenvalue weighted by atomic mass is 9.44. The Bertz CT molecular complexity index is 1450. The highest BCUT2D eigenvalue weighted by molar-refractivity contribution is 7.86. The molecule has 10 nitrogen and oxygen atoms in total. The topological polar surface area (TPSA) is 166 Å². The van der Waals surface area contributed by atoms with Gasteiger partial charge in [0.2, 0.25) is 5.91 Å². The van der Waals surface area contributed by atoms with Crippen LogP contribution in [0.4, 0.5) is 0 Å². The molecule has 210 valence electrons. The SMILES string of the molecule is CC(C)[C@]1(O)[C@H](OS(=O)(=O)c2ccc(C(N)=O)cc2)[C@@H]2C[C@]23[C@]2(O[C@H]2C[C@H]2C4=C(CC[C@@]23C)C(=O)OC4)[C@@H]1O. The number of carbonyl (C=O) groups excluding carboxylic acids is 2. The van der Waals surface area contributed by atoms with Crippen LogP contribution in [0.3, 0.4) is 0 Å². The molecule has 4 fully saturated rings. The van der Waals surface area contributed by atoms with Gasteiger partial charge >= 0.3 is 5.97 Å². The van der Waals surface area contributed by atoms with Crippen LogP contribution in [0.15, 0.2) is 40.3 Å². The second kappa shape index (κ2) is 7.50.